The fourth-order valence-corrected chi connectivity index (χ4v) is 6.71. The molecular formula is C25H22ClN3O3. The van der Waals surface area contributed by atoms with Gasteiger partial charge < -0.3 is 4.90 Å². The minimum atomic E-state index is -1.16. The van der Waals surface area contributed by atoms with Gasteiger partial charge in [0.1, 0.15) is 5.54 Å². The van der Waals surface area contributed by atoms with Crippen molar-refractivity contribution in [3.63, 3.8) is 0 Å². The normalized spacial score (nSPS) is 30.9. The van der Waals surface area contributed by atoms with Gasteiger partial charge in [0, 0.05) is 28.9 Å². The van der Waals surface area contributed by atoms with E-state index >= 15 is 0 Å². The number of para-hydroxylation sites is 1. The third-order valence-electron chi connectivity index (χ3n) is 7.52. The van der Waals surface area contributed by atoms with E-state index in [0.717, 1.165) is 24.1 Å². The van der Waals surface area contributed by atoms with Gasteiger partial charge in [0.25, 0.3) is 5.91 Å². The Balaban J connectivity index is 1.57. The van der Waals surface area contributed by atoms with E-state index in [4.69, 9.17) is 11.6 Å². The van der Waals surface area contributed by atoms with Gasteiger partial charge in [-0.2, -0.15) is 0 Å². The van der Waals surface area contributed by atoms with Crippen molar-refractivity contribution in [1.29, 1.82) is 0 Å². The second-order valence-electron chi connectivity index (χ2n) is 8.89. The molecule has 2 aromatic carbocycles. The Labute approximate surface area is 191 Å². The molecule has 3 saturated heterocycles. The van der Waals surface area contributed by atoms with Crippen LogP contribution in [0.5, 0.6) is 0 Å². The second kappa shape index (κ2) is 6.77. The molecule has 6 nitrogen and oxygen atoms in total. The first kappa shape index (κ1) is 19.7. The highest BCUT2D eigenvalue weighted by Crippen LogP contribution is 2.61. The van der Waals surface area contributed by atoms with Crippen LogP contribution in [0.4, 0.5) is 11.4 Å². The number of benzene rings is 2. The summed E-state index contributed by atoms with van der Waals surface area (Å²) in [6.45, 7) is 4.86. The quantitative estimate of drug-likeness (QED) is 0.534. The number of nitrogens with zero attached hydrogens (tertiary/aromatic N) is 3. The van der Waals surface area contributed by atoms with Crippen molar-refractivity contribution in [1.82, 2.24) is 4.90 Å². The zero-order valence-corrected chi connectivity index (χ0v) is 18.2. The number of carbonyl (C=O) groups is 3. The summed E-state index contributed by atoms with van der Waals surface area (Å²) in [6.07, 6.45) is 3.38. The summed E-state index contributed by atoms with van der Waals surface area (Å²) in [5.41, 5.74) is 0.916. The molecule has 0 aromatic heterocycles. The summed E-state index contributed by atoms with van der Waals surface area (Å²) in [7, 11) is 0. The fourth-order valence-electron chi connectivity index (χ4n) is 6.52. The van der Waals surface area contributed by atoms with Gasteiger partial charge >= 0.3 is 0 Å². The standard InChI is InChI=1S/C25H22ClN3O3/c1-2-12-27-18-10-4-3-9-17(18)25(24(27)32)21-20(19-11-6-13-28(19)25)22(30)29(23(21)31)16-8-5-7-15(26)14-16/h2-5,7-10,14,19-21H,1,6,11-13H2. The highest BCUT2D eigenvalue weighted by atomic mass is 35.5. The Morgan fingerprint density at radius 2 is 1.91 bits per heavy atom. The molecule has 4 aliphatic heterocycles. The van der Waals surface area contributed by atoms with E-state index in [9.17, 15) is 14.4 Å². The first-order valence-electron chi connectivity index (χ1n) is 10.9. The first-order chi connectivity index (χ1) is 15.5. The van der Waals surface area contributed by atoms with Crippen LogP contribution in [0.3, 0.4) is 0 Å². The smallest absolute Gasteiger partial charge is 0.253 e. The largest absolute Gasteiger partial charge is 0.306 e. The molecule has 3 fully saturated rings. The van der Waals surface area contributed by atoms with E-state index in [2.05, 4.69) is 11.5 Å². The number of rotatable bonds is 3. The molecule has 4 aliphatic rings. The van der Waals surface area contributed by atoms with Gasteiger partial charge in [-0.15, -0.1) is 6.58 Å². The monoisotopic (exact) mass is 447 g/mol. The van der Waals surface area contributed by atoms with Crippen LogP contribution < -0.4 is 9.80 Å². The number of amides is 3. The van der Waals surface area contributed by atoms with Crippen molar-refractivity contribution >= 4 is 40.7 Å². The molecule has 6 rings (SSSR count). The minimum absolute atomic E-state index is 0.132. The number of hydrogen-bond donors (Lipinski definition) is 0. The van der Waals surface area contributed by atoms with Crippen LogP contribution in [0, 0.1) is 11.8 Å². The number of anilines is 2. The zero-order valence-electron chi connectivity index (χ0n) is 17.4. The van der Waals surface area contributed by atoms with Crippen molar-refractivity contribution in [2.24, 2.45) is 11.8 Å². The lowest BCUT2D eigenvalue weighted by molar-refractivity contribution is -0.137. The molecule has 32 heavy (non-hydrogen) atoms. The molecule has 0 radical (unpaired) electrons. The number of imide groups is 1. The predicted molar refractivity (Wildman–Crippen MR) is 121 cm³/mol. The third kappa shape index (κ3) is 2.21. The molecule has 4 heterocycles. The van der Waals surface area contributed by atoms with Crippen molar-refractivity contribution in [3.05, 3.63) is 71.8 Å². The molecule has 162 valence electrons. The SMILES string of the molecule is C=CCN1C(=O)C2(c3ccccc31)C1C(=O)N(c3cccc(Cl)c3)C(=O)C1C1CCCN12. The van der Waals surface area contributed by atoms with Crippen molar-refractivity contribution in [2.45, 2.75) is 24.4 Å². The maximum absolute atomic E-state index is 14.1. The molecule has 0 saturated carbocycles. The van der Waals surface area contributed by atoms with Crippen LogP contribution >= 0.6 is 11.6 Å². The van der Waals surface area contributed by atoms with Crippen molar-refractivity contribution in [3.8, 4) is 0 Å². The Bertz CT molecular complexity index is 1200. The summed E-state index contributed by atoms with van der Waals surface area (Å²) >= 11 is 6.17. The molecule has 0 bridgehead atoms. The number of fused-ring (bicyclic) bond motifs is 7. The van der Waals surface area contributed by atoms with Crippen LogP contribution in [0.2, 0.25) is 5.02 Å². The molecule has 0 aliphatic carbocycles. The van der Waals surface area contributed by atoms with E-state index in [1.807, 2.05) is 24.3 Å². The highest BCUT2D eigenvalue weighted by Gasteiger charge is 2.75. The summed E-state index contributed by atoms with van der Waals surface area (Å²) in [5.74, 6) is -2.00. The topological polar surface area (TPSA) is 60.9 Å². The molecule has 4 atom stereocenters. The van der Waals surface area contributed by atoms with Gasteiger partial charge in [-0.1, -0.05) is 41.9 Å². The van der Waals surface area contributed by atoms with E-state index in [-0.39, 0.29) is 23.8 Å². The lowest BCUT2D eigenvalue weighted by Crippen LogP contribution is -2.56. The van der Waals surface area contributed by atoms with E-state index in [1.54, 1.807) is 35.2 Å². The van der Waals surface area contributed by atoms with Crippen molar-refractivity contribution < 1.29 is 14.4 Å². The molecule has 3 amide bonds. The van der Waals surface area contributed by atoms with Crippen LogP contribution in [-0.2, 0) is 19.9 Å². The summed E-state index contributed by atoms with van der Waals surface area (Å²) < 4.78 is 0. The third-order valence-corrected chi connectivity index (χ3v) is 7.76. The molecular weight excluding hydrogens is 426 g/mol. The minimum Gasteiger partial charge on any atom is -0.306 e. The summed E-state index contributed by atoms with van der Waals surface area (Å²) in [5, 5.41) is 0.455. The summed E-state index contributed by atoms with van der Waals surface area (Å²) in [4.78, 5) is 46.9. The van der Waals surface area contributed by atoms with Gasteiger partial charge in [-0.05, 0) is 43.7 Å². The van der Waals surface area contributed by atoms with Gasteiger partial charge in [0.15, 0.2) is 0 Å². The molecule has 7 heteroatoms. The number of hydrogen-bond acceptors (Lipinski definition) is 4. The number of halogens is 1. The zero-order chi connectivity index (χ0) is 22.2. The molecule has 2 aromatic rings. The van der Waals surface area contributed by atoms with Gasteiger partial charge in [-0.3, -0.25) is 19.3 Å². The predicted octanol–water partition coefficient (Wildman–Crippen LogP) is 3.35. The molecule has 4 unspecified atom stereocenters. The Kier molecular flexibility index (Phi) is 4.17. The average Bonchev–Trinajstić information content (AvgIpc) is 3.48. The maximum atomic E-state index is 14.1. The fraction of sp³-hybridized carbons (Fsp3) is 0.320. The molecule has 1 spiro atoms. The first-order valence-corrected chi connectivity index (χ1v) is 11.3. The molecule has 0 N–H and O–H groups in total. The number of carbonyl (C=O) groups excluding carboxylic acids is 3. The van der Waals surface area contributed by atoms with Crippen LogP contribution in [0.25, 0.3) is 0 Å². The maximum Gasteiger partial charge on any atom is 0.253 e. The van der Waals surface area contributed by atoms with Gasteiger partial charge in [0.2, 0.25) is 11.8 Å². The van der Waals surface area contributed by atoms with E-state index < -0.39 is 17.4 Å². The second-order valence-corrected chi connectivity index (χ2v) is 9.32. The lowest BCUT2D eigenvalue weighted by Gasteiger charge is -2.37. The average molecular weight is 448 g/mol. The van der Waals surface area contributed by atoms with Crippen LogP contribution in [0.1, 0.15) is 18.4 Å². The van der Waals surface area contributed by atoms with E-state index in [1.165, 1.54) is 4.90 Å². The van der Waals surface area contributed by atoms with Crippen LogP contribution in [0.15, 0.2) is 61.2 Å². The van der Waals surface area contributed by atoms with E-state index in [0.29, 0.717) is 23.8 Å². The lowest BCUT2D eigenvalue weighted by atomic mass is 9.75. The highest BCUT2D eigenvalue weighted by molar-refractivity contribution is 6.31. The van der Waals surface area contributed by atoms with Gasteiger partial charge in [0.05, 0.1) is 17.5 Å². The van der Waals surface area contributed by atoms with Crippen LogP contribution in [-0.4, -0.2) is 41.8 Å². The Hall–Kier alpha value is -2.96. The Morgan fingerprint density at radius 3 is 2.69 bits per heavy atom. The Morgan fingerprint density at radius 1 is 1.09 bits per heavy atom. The van der Waals surface area contributed by atoms with Crippen molar-refractivity contribution in [2.75, 3.05) is 22.9 Å². The summed E-state index contributed by atoms with van der Waals surface area (Å²) in [6, 6.07) is 14.3. The van der Waals surface area contributed by atoms with Gasteiger partial charge in [-0.25, -0.2) is 4.90 Å².